The van der Waals surface area contributed by atoms with Gasteiger partial charge in [-0.15, -0.1) is 0 Å². The van der Waals surface area contributed by atoms with Gasteiger partial charge in [-0.2, -0.15) is 5.10 Å². The van der Waals surface area contributed by atoms with E-state index in [0.29, 0.717) is 0 Å². The molecule has 0 saturated carbocycles. The predicted octanol–water partition coefficient (Wildman–Crippen LogP) is 2.02. The highest BCUT2D eigenvalue weighted by Crippen LogP contribution is 2.29. The minimum atomic E-state index is -1.27. The number of nitrogens with zero attached hydrogens (tertiary/aromatic N) is 2. The summed E-state index contributed by atoms with van der Waals surface area (Å²) in [6.45, 7) is 1.32. The molecule has 1 aromatic heterocycles. The van der Waals surface area contributed by atoms with Crippen molar-refractivity contribution in [2.45, 2.75) is 13.0 Å². The van der Waals surface area contributed by atoms with Gasteiger partial charge in [-0.05, 0) is 19.1 Å². The van der Waals surface area contributed by atoms with Gasteiger partial charge in [0.1, 0.15) is 5.75 Å². The molecule has 0 aliphatic heterocycles. The van der Waals surface area contributed by atoms with Crippen molar-refractivity contribution in [2.24, 2.45) is 0 Å². The molecule has 0 aliphatic carbocycles. The highest BCUT2D eigenvalue weighted by Gasteiger charge is 2.23. The van der Waals surface area contributed by atoms with Crippen molar-refractivity contribution in [2.75, 3.05) is 12.4 Å². The van der Waals surface area contributed by atoms with Crippen molar-refractivity contribution < 1.29 is 24.0 Å². The second kappa shape index (κ2) is 8.39. The van der Waals surface area contributed by atoms with Crippen LogP contribution in [0.3, 0.4) is 0 Å². The van der Waals surface area contributed by atoms with Gasteiger partial charge < -0.3 is 14.8 Å². The zero-order valence-electron chi connectivity index (χ0n) is 15.9. The van der Waals surface area contributed by atoms with Gasteiger partial charge in [0.25, 0.3) is 17.2 Å². The summed E-state index contributed by atoms with van der Waals surface area (Å²) in [5.74, 6) is -1.47. The Morgan fingerprint density at radius 1 is 1.20 bits per heavy atom. The number of carbonyl (C=O) groups is 2. The van der Waals surface area contributed by atoms with E-state index in [0.717, 1.165) is 6.07 Å². The Morgan fingerprint density at radius 3 is 2.57 bits per heavy atom. The Hall–Kier alpha value is -4.28. The van der Waals surface area contributed by atoms with Crippen LogP contribution in [0.1, 0.15) is 17.4 Å². The molecule has 11 nitrogen and oxygen atoms in total. The molecule has 0 radical (unpaired) electrons. The Kier molecular flexibility index (Phi) is 5.72. The number of ether oxygens (including phenoxy) is 2. The van der Waals surface area contributed by atoms with E-state index >= 15 is 0 Å². The molecule has 2 aromatic carbocycles. The number of nitro benzene ring substituents is 1. The number of fused-ring (bicyclic) bond motifs is 1. The van der Waals surface area contributed by atoms with E-state index in [-0.39, 0.29) is 33.6 Å². The number of nitro groups is 1. The Bertz CT molecular complexity index is 1200. The summed E-state index contributed by atoms with van der Waals surface area (Å²) in [6, 6.07) is 10.0. The molecule has 0 unspecified atom stereocenters. The number of carbonyl (C=O) groups excluding carboxylic acids is 2. The van der Waals surface area contributed by atoms with Crippen molar-refractivity contribution >= 4 is 34.0 Å². The maximum Gasteiger partial charge on any atom is 0.360 e. The molecule has 0 spiro atoms. The van der Waals surface area contributed by atoms with Crippen molar-refractivity contribution in [1.82, 2.24) is 10.2 Å². The molecular weight excluding hydrogens is 396 g/mol. The van der Waals surface area contributed by atoms with Gasteiger partial charge in [0.15, 0.2) is 11.8 Å². The van der Waals surface area contributed by atoms with Gasteiger partial charge in [0.05, 0.1) is 23.1 Å². The third kappa shape index (κ3) is 4.09. The molecule has 0 bridgehead atoms. The normalized spacial score (nSPS) is 11.5. The number of non-ortho nitro benzene ring substituents is 1. The highest BCUT2D eigenvalue weighted by atomic mass is 16.6. The first-order chi connectivity index (χ1) is 14.3. The monoisotopic (exact) mass is 412 g/mol. The van der Waals surface area contributed by atoms with E-state index in [2.05, 4.69) is 15.5 Å². The Balaban J connectivity index is 1.79. The number of aromatic nitrogens is 2. The molecule has 3 aromatic rings. The fourth-order valence-electron chi connectivity index (χ4n) is 2.68. The largest absolute Gasteiger partial charge is 0.495 e. The van der Waals surface area contributed by atoms with E-state index < -0.39 is 28.5 Å². The molecule has 0 fully saturated rings. The van der Waals surface area contributed by atoms with Crippen molar-refractivity contribution in [3.63, 3.8) is 0 Å². The number of hydrogen-bond acceptors (Lipinski definition) is 8. The fraction of sp³-hybridized carbons (Fsp3) is 0.158. The molecule has 0 saturated heterocycles. The maximum absolute atomic E-state index is 12.5. The summed E-state index contributed by atoms with van der Waals surface area (Å²) >= 11 is 0. The Morgan fingerprint density at radius 2 is 1.90 bits per heavy atom. The molecule has 0 aliphatic rings. The quantitative estimate of drug-likeness (QED) is 0.354. The second-order valence-electron chi connectivity index (χ2n) is 6.13. The molecule has 3 rings (SSSR count). The lowest BCUT2D eigenvalue weighted by atomic mass is 10.1. The third-order valence-electron chi connectivity index (χ3n) is 4.19. The van der Waals surface area contributed by atoms with Crippen LogP contribution in [0, 0.1) is 10.1 Å². The first-order valence-electron chi connectivity index (χ1n) is 8.63. The Labute approximate surface area is 168 Å². The molecule has 1 heterocycles. The number of nitrogens with one attached hydrogen (secondary N) is 2. The average Bonchev–Trinajstić information content (AvgIpc) is 2.73. The van der Waals surface area contributed by atoms with Gasteiger partial charge >= 0.3 is 5.97 Å². The molecule has 30 heavy (non-hydrogen) atoms. The fourth-order valence-corrected chi connectivity index (χ4v) is 2.68. The van der Waals surface area contributed by atoms with Crippen LogP contribution < -0.4 is 15.6 Å². The van der Waals surface area contributed by atoms with E-state index in [4.69, 9.17) is 9.47 Å². The van der Waals surface area contributed by atoms with Gasteiger partial charge in [0, 0.05) is 17.5 Å². The number of esters is 1. The van der Waals surface area contributed by atoms with Crippen molar-refractivity contribution in [1.29, 1.82) is 0 Å². The van der Waals surface area contributed by atoms with Crippen LogP contribution in [-0.4, -0.2) is 40.2 Å². The molecule has 11 heteroatoms. The summed E-state index contributed by atoms with van der Waals surface area (Å²) in [6.07, 6.45) is -1.27. The van der Waals surface area contributed by atoms with E-state index in [1.165, 1.54) is 38.3 Å². The van der Waals surface area contributed by atoms with Crippen LogP contribution in [0.4, 0.5) is 11.4 Å². The lowest BCUT2D eigenvalue weighted by Gasteiger charge is -2.15. The standard InChI is InChI=1S/C19H16N4O7/c1-10(17(24)20-14-9-11(23(27)28)7-8-15(14)29-2)30-19(26)16-12-5-3-4-6-13(12)18(25)22-21-16/h3-10H,1-2H3,(H,20,24)(H,22,25)/t10-/m0/s1. The molecule has 1 atom stereocenters. The molecule has 154 valence electrons. The summed E-state index contributed by atoms with van der Waals surface area (Å²) in [5.41, 5.74) is -0.824. The van der Waals surface area contributed by atoms with E-state index in [1.54, 1.807) is 12.1 Å². The SMILES string of the molecule is COc1ccc([N+](=O)[O-])cc1NC(=O)[C@H](C)OC(=O)c1n[nH]c(=O)c2ccccc12. The minimum absolute atomic E-state index is 0.0483. The molecule has 1 amide bonds. The van der Waals surface area contributed by atoms with Crippen LogP contribution in [0.15, 0.2) is 47.3 Å². The van der Waals surface area contributed by atoms with Crippen LogP contribution in [0.5, 0.6) is 5.75 Å². The zero-order chi connectivity index (χ0) is 21.8. The van der Waals surface area contributed by atoms with Crippen LogP contribution in [-0.2, 0) is 9.53 Å². The van der Waals surface area contributed by atoms with E-state index in [9.17, 15) is 24.5 Å². The molecular formula is C19H16N4O7. The van der Waals surface area contributed by atoms with E-state index in [1.807, 2.05) is 0 Å². The number of amides is 1. The second-order valence-corrected chi connectivity index (χ2v) is 6.13. The summed E-state index contributed by atoms with van der Waals surface area (Å²) in [5, 5.41) is 19.9. The smallest absolute Gasteiger partial charge is 0.360 e. The number of hydrogen-bond donors (Lipinski definition) is 2. The highest BCUT2D eigenvalue weighted by molar-refractivity contribution is 6.03. The topological polar surface area (TPSA) is 154 Å². The van der Waals surface area contributed by atoms with Crippen molar-refractivity contribution in [3.8, 4) is 5.75 Å². The van der Waals surface area contributed by atoms with Crippen LogP contribution in [0.25, 0.3) is 10.8 Å². The third-order valence-corrected chi connectivity index (χ3v) is 4.19. The van der Waals surface area contributed by atoms with Gasteiger partial charge in [0.2, 0.25) is 0 Å². The number of anilines is 1. The maximum atomic E-state index is 12.5. The van der Waals surface area contributed by atoms with Crippen LogP contribution >= 0.6 is 0 Å². The number of aromatic amines is 1. The lowest BCUT2D eigenvalue weighted by molar-refractivity contribution is -0.384. The number of H-pyrrole nitrogens is 1. The van der Waals surface area contributed by atoms with Crippen LogP contribution in [0.2, 0.25) is 0 Å². The number of benzene rings is 2. The van der Waals surface area contributed by atoms with Gasteiger partial charge in [-0.1, -0.05) is 18.2 Å². The first kappa shape index (κ1) is 20.5. The molecule has 2 N–H and O–H groups in total. The lowest BCUT2D eigenvalue weighted by Crippen LogP contribution is -2.30. The van der Waals surface area contributed by atoms with Crippen molar-refractivity contribution in [3.05, 3.63) is 68.6 Å². The predicted molar refractivity (Wildman–Crippen MR) is 106 cm³/mol. The summed E-state index contributed by atoms with van der Waals surface area (Å²) in [7, 11) is 1.34. The summed E-state index contributed by atoms with van der Waals surface area (Å²) < 4.78 is 10.2. The minimum Gasteiger partial charge on any atom is -0.495 e. The first-order valence-corrected chi connectivity index (χ1v) is 8.63. The average molecular weight is 412 g/mol. The number of methoxy groups -OCH3 is 1. The van der Waals surface area contributed by atoms with Gasteiger partial charge in [-0.25, -0.2) is 9.89 Å². The zero-order valence-corrected chi connectivity index (χ0v) is 15.9. The summed E-state index contributed by atoms with van der Waals surface area (Å²) in [4.78, 5) is 47.1. The number of rotatable bonds is 6. The van der Waals surface area contributed by atoms with Gasteiger partial charge in [-0.3, -0.25) is 19.7 Å².